The van der Waals surface area contributed by atoms with Gasteiger partial charge in [0, 0.05) is 56.4 Å². The molecule has 0 saturated heterocycles. The van der Waals surface area contributed by atoms with Gasteiger partial charge in [0.2, 0.25) is 5.88 Å². The molecule has 0 fully saturated rings. The fourth-order valence-electron chi connectivity index (χ4n) is 4.42. The Kier molecular flexibility index (Phi) is 6.81. The van der Waals surface area contributed by atoms with Crippen LogP contribution < -0.4 is 15.6 Å². The van der Waals surface area contributed by atoms with E-state index in [-0.39, 0.29) is 17.3 Å². The fraction of sp³-hybridized carbons (Fsp3) is 0.222. The molecule has 0 spiro atoms. The molecule has 36 heavy (non-hydrogen) atoms. The standard InChI is InChI=1S/C27H26N6O3/c1-36-27-21(8-5-11-29-27)26(35)31-23-18-32(17-19-6-3-2-4-7-19)14-15-33-24(34)16-22(30-25(23)33)20-9-12-28-13-10-20/h2-13,16,23H,14-15,17-18H2,1H3,(H,31,35). The molecule has 4 aromatic rings. The topological polar surface area (TPSA) is 102 Å². The van der Waals surface area contributed by atoms with Gasteiger partial charge in [-0.1, -0.05) is 30.3 Å². The summed E-state index contributed by atoms with van der Waals surface area (Å²) in [5.41, 5.74) is 2.64. The first-order chi connectivity index (χ1) is 17.6. The lowest BCUT2D eigenvalue weighted by Crippen LogP contribution is -2.38. The number of nitrogens with one attached hydrogen (secondary N) is 1. The van der Waals surface area contributed by atoms with E-state index in [0.29, 0.717) is 43.3 Å². The number of methoxy groups -OCH3 is 1. The zero-order valence-electron chi connectivity index (χ0n) is 19.9. The summed E-state index contributed by atoms with van der Waals surface area (Å²) in [6.07, 6.45) is 4.89. The second-order valence-corrected chi connectivity index (χ2v) is 8.53. The number of aromatic nitrogens is 4. The minimum Gasteiger partial charge on any atom is -0.480 e. The highest BCUT2D eigenvalue weighted by Gasteiger charge is 2.28. The van der Waals surface area contributed by atoms with E-state index in [4.69, 9.17) is 9.72 Å². The maximum absolute atomic E-state index is 13.3. The van der Waals surface area contributed by atoms with E-state index in [0.717, 1.165) is 11.1 Å². The Morgan fingerprint density at radius 3 is 2.64 bits per heavy atom. The highest BCUT2D eigenvalue weighted by molar-refractivity contribution is 5.96. The van der Waals surface area contributed by atoms with E-state index in [1.54, 1.807) is 35.3 Å². The molecular weight excluding hydrogens is 456 g/mol. The molecule has 0 bridgehead atoms. The van der Waals surface area contributed by atoms with E-state index in [1.807, 2.05) is 30.3 Å². The van der Waals surface area contributed by atoms with E-state index in [1.165, 1.54) is 13.2 Å². The van der Waals surface area contributed by atoms with Crippen LogP contribution in [0.2, 0.25) is 0 Å². The van der Waals surface area contributed by atoms with Gasteiger partial charge in [-0.25, -0.2) is 9.97 Å². The van der Waals surface area contributed by atoms with Crippen molar-refractivity contribution in [2.75, 3.05) is 20.2 Å². The summed E-state index contributed by atoms with van der Waals surface area (Å²) in [4.78, 5) is 41.9. The molecule has 1 amide bonds. The molecule has 1 atom stereocenters. The van der Waals surface area contributed by atoms with E-state index >= 15 is 0 Å². The maximum Gasteiger partial charge on any atom is 0.257 e. The third-order valence-electron chi connectivity index (χ3n) is 6.17. The summed E-state index contributed by atoms with van der Waals surface area (Å²) >= 11 is 0. The zero-order valence-corrected chi connectivity index (χ0v) is 19.9. The van der Waals surface area contributed by atoms with Crippen LogP contribution in [0.5, 0.6) is 5.88 Å². The van der Waals surface area contributed by atoms with Crippen molar-refractivity contribution >= 4 is 5.91 Å². The number of rotatable bonds is 6. The number of hydrogen-bond acceptors (Lipinski definition) is 7. The van der Waals surface area contributed by atoms with Crippen molar-refractivity contribution in [2.45, 2.75) is 19.1 Å². The van der Waals surface area contributed by atoms with Crippen LogP contribution in [0, 0.1) is 0 Å². The number of nitrogens with zero attached hydrogens (tertiary/aromatic N) is 5. The Morgan fingerprint density at radius 2 is 1.86 bits per heavy atom. The van der Waals surface area contributed by atoms with Crippen LogP contribution in [-0.2, 0) is 13.1 Å². The number of carbonyl (C=O) groups excluding carboxylic acids is 1. The lowest BCUT2D eigenvalue weighted by atomic mass is 10.1. The van der Waals surface area contributed by atoms with Crippen LogP contribution in [-0.4, -0.2) is 50.5 Å². The maximum atomic E-state index is 13.3. The SMILES string of the molecule is COc1ncccc1C(=O)NC1CN(Cc2ccccc2)CCn2c1nc(-c1ccncc1)cc2=O. The lowest BCUT2D eigenvalue weighted by molar-refractivity contribution is 0.0919. The molecule has 9 nitrogen and oxygen atoms in total. The molecule has 182 valence electrons. The number of carbonyl (C=O) groups is 1. The molecule has 1 aliphatic heterocycles. The van der Waals surface area contributed by atoms with Crippen molar-refractivity contribution < 1.29 is 9.53 Å². The number of hydrogen-bond donors (Lipinski definition) is 1. The highest BCUT2D eigenvalue weighted by Crippen LogP contribution is 2.23. The Hall–Kier alpha value is -4.37. The highest BCUT2D eigenvalue weighted by atomic mass is 16.5. The molecule has 0 radical (unpaired) electrons. The van der Waals surface area contributed by atoms with Crippen molar-refractivity contribution in [2.24, 2.45) is 0 Å². The van der Waals surface area contributed by atoms with Crippen LogP contribution in [0.25, 0.3) is 11.3 Å². The third kappa shape index (κ3) is 5.01. The average molecular weight is 483 g/mol. The number of pyridine rings is 2. The van der Waals surface area contributed by atoms with Crippen LogP contribution in [0.15, 0.2) is 84.0 Å². The fourth-order valence-corrected chi connectivity index (χ4v) is 4.42. The van der Waals surface area contributed by atoms with Crippen molar-refractivity contribution in [3.63, 3.8) is 0 Å². The average Bonchev–Trinajstić information content (AvgIpc) is 3.09. The minimum atomic E-state index is -0.539. The number of benzene rings is 1. The van der Waals surface area contributed by atoms with Gasteiger partial charge in [0.1, 0.15) is 17.4 Å². The van der Waals surface area contributed by atoms with Gasteiger partial charge in [-0.05, 0) is 29.8 Å². The molecular formula is C27H26N6O3. The molecule has 1 unspecified atom stereocenters. The first-order valence-corrected chi connectivity index (χ1v) is 11.7. The largest absolute Gasteiger partial charge is 0.480 e. The summed E-state index contributed by atoms with van der Waals surface area (Å²) in [6, 6.07) is 18.1. The van der Waals surface area contributed by atoms with Gasteiger partial charge in [-0.15, -0.1) is 0 Å². The van der Waals surface area contributed by atoms with E-state index in [2.05, 4.69) is 32.3 Å². The summed E-state index contributed by atoms with van der Waals surface area (Å²) in [7, 11) is 1.48. The van der Waals surface area contributed by atoms with Crippen LogP contribution in [0.3, 0.4) is 0 Å². The van der Waals surface area contributed by atoms with Gasteiger partial charge in [0.25, 0.3) is 11.5 Å². The molecule has 1 aromatic carbocycles. The van der Waals surface area contributed by atoms with Gasteiger partial charge in [0.15, 0.2) is 0 Å². The molecule has 0 aliphatic carbocycles. The monoisotopic (exact) mass is 482 g/mol. The normalized spacial score (nSPS) is 15.5. The van der Waals surface area contributed by atoms with Crippen molar-refractivity contribution in [3.8, 4) is 17.1 Å². The summed E-state index contributed by atoms with van der Waals surface area (Å²) in [5, 5.41) is 3.09. The van der Waals surface area contributed by atoms with Crippen LogP contribution in [0.4, 0.5) is 0 Å². The number of fused-ring (bicyclic) bond motifs is 1. The van der Waals surface area contributed by atoms with Gasteiger partial charge in [-0.2, -0.15) is 0 Å². The Morgan fingerprint density at radius 1 is 1.06 bits per heavy atom. The van der Waals surface area contributed by atoms with Crippen LogP contribution >= 0.6 is 0 Å². The molecule has 0 saturated carbocycles. The zero-order chi connectivity index (χ0) is 24.9. The van der Waals surface area contributed by atoms with Gasteiger partial charge < -0.3 is 10.1 Å². The lowest BCUT2D eigenvalue weighted by Gasteiger charge is -2.25. The first kappa shape index (κ1) is 23.4. The van der Waals surface area contributed by atoms with Crippen molar-refractivity contribution in [3.05, 3.63) is 107 Å². The Balaban J connectivity index is 1.53. The Labute approximate surface area is 208 Å². The molecule has 4 heterocycles. The molecule has 9 heteroatoms. The predicted octanol–water partition coefficient (Wildman–Crippen LogP) is 2.70. The molecule has 1 N–H and O–H groups in total. The quantitative estimate of drug-likeness (QED) is 0.451. The molecule has 3 aromatic heterocycles. The van der Waals surface area contributed by atoms with E-state index in [9.17, 15) is 9.59 Å². The van der Waals surface area contributed by atoms with Gasteiger partial charge >= 0.3 is 0 Å². The van der Waals surface area contributed by atoms with Gasteiger partial charge in [-0.3, -0.25) is 24.0 Å². The third-order valence-corrected chi connectivity index (χ3v) is 6.17. The Bertz CT molecular complexity index is 1410. The van der Waals surface area contributed by atoms with E-state index < -0.39 is 6.04 Å². The van der Waals surface area contributed by atoms with Crippen molar-refractivity contribution in [1.29, 1.82) is 0 Å². The van der Waals surface area contributed by atoms with Crippen LogP contribution in [0.1, 0.15) is 27.8 Å². The molecule has 1 aliphatic rings. The second kappa shape index (κ2) is 10.5. The van der Waals surface area contributed by atoms with Crippen molar-refractivity contribution in [1.82, 2.24) is 29.7 Å². The first-order valence-electron chi connectivity index (χ1n) is 11.7. The number of amides is 1. The smallest absolute Gasteiger partial charge is 0.257 e. The van der Waals surface area contributed by atoms with Gasteiger partial charge in [0.05, 0.1) is 12.8 Å². The minimum absolute atomic E-state index is 0.161. The summed E-state index contributed by atoms with van der Waals surface area (Å²) < 4.78 is 6.94. The second-order valence-electron chi connectivity index (χ2n) is 8.53. The summed E-state index contributed by atoms with van der Waals surface area (Å²) in [5.74, 6) is 0.406. The predicted molar refractivity (Wildman–Crippen MR) is 134 cm³/mol. The number of ether oxygens (including phenoxy) is 1. The summed E-state index contributed by atoms with van der Waals surface area (Å²) in [6.45, 7) is 2.27. The molecule has 5 rings (SSSR count).